The molecular formula is C14H16O. The number of allylic oxidation sites excluding steroid dienone is 4. The van der Waals surface area contributed by atoms with Crippen molar-refractivity contribution in [1.29, 1.82) is 0 Å². The fourth-order valence-corrected chi connectivity index (χ4v) is 1.74. The van der Waals surface area contributed by atoms with Crippen LogP contribution < -0.4 is 4.74 Å². The summed E-state index contributed by atoms with van der Waals surface area (Å²) in [4.78, 5) is 0. The SMILES string of the molecule is CCOc1ccc(C2=CCCC=C2)cc1. The Morgan fingerprint density at radius 3 is 2.53 bits per heavy atom. The number of hydrogen-bond donors (Lipinski definition) is 0. The normalized spacial score (nSPS) is 14.9. The van der Waals surface area contributed by atoms with Gasteiger partial charge < -0.3 is 4.74 Å². The van der Waals surface area contributed by atoms with Crippen molar-refractivity contribution in [2.24, 2.45) is 0 Å². The Bertz CT molecular complexity index is 371. The molecule has 0 unspecified atom stereocenters. The lowest BCUT2D eigenvalue weighted by molar-refractivity contribution is 0.340. The van der Waals surface area contributed by atoms with Crippen LogP contribution >= 0.6 is 0 Å². The molecule has 78 valence electrons. The van der Waals surface area contributed by atoms with E-state index in [0.29, 0.717) is 0 Å². The Morgan fingerprint density at radius 1 is 1.13 bits per heavy atom. The summed E-state index contributed by atoms with van der Waals surface area (Å²) in [6.45, 7) is 2.72. The maximum absolute atomic E-state index is 5.41. The van der Waals surface area contributed by atoms with Crippen molar-refractivity contribution in [3.8, 4) is 5.75 Å². The average Bonchev–Trinajstić information content (AvgIpc) is 2.32. The van der Waals surface area contributed by atoms with Crippen molar-refractivity contribution in [3.63, 3.8) is 0 Å². The lowest BCUT2D eigenvalue weighted by Gasteiger charge is -2.08. The predicted octanol–water partition coefficient (Wildman–Crippen LogP) is 3.82. The second-order valence-corrected chi connectivity index (χ2v) is 3.60. The van der Waals surface area contributed by atoms with E-state index in [9.17, 15) is 0 Å². The standard InChI is InChI=1S/C14H16O/c1-2-15-14-10-8-13(9-11-14)12-6-4-3-5-7-12/h4,6-11H,2-3,5H2,1H3. The molecule has 0 radical (unpaired) electrons. The molecular weight excluding hydrogens is 184 g/mol. The third-order valence-corrected chi connectivity index (χ3v) is 2.49. The molecule has 1 aromatic carbocycles. The monoisotopic (exact) mass is 200 g/mol. The molecule has 0 saturated heterocycles. The van der Waals surface area contributed by atoms with Gasteiger partial charge in [-0.25, -0.2) is 0 Å². The van der Waals surface area contributed by atoms with Crippen LogP contribution in [0.15, 0.2) is 42.5 Å². The molecule has 0 spiro atoms. The molecule has 0 amide bonds. The topological polar surface area (TPSA) is 9.23 Å². The quantitative estimate of drug-likeness (QED) is 0.720. The van der Waals surface area contributed by atoms with Crippen LogP contribution in [0, 0.1) is 0 Å². The molecule has 15 heavy (non-hydrogen) atoms. The van der Waals surface area contributed by atoms with E-state index in [1.165, 1.54) is 17.6 Å². The van der Waals surface area contributed by atoms with Crippen molar-refractivity contribution >= 4 is 5.57 Å². The van der Waals surface area contributed by atoms with Gasteiger partial charge in [-0.3, -0.25) is 0 Å². The van der Waals surface area contributed by atoms with E-state index in [0.717, 1.165) is 18.8 Å². The molecule has 1 nitrogen and oxygen atoms in total. The van der Waals surface area contributed by atoms with Gasteiger partial charge in [-0.1, -0.05) is 30.4 Å². The van der Waals surface area contributed by atoms with Gasteiger partial charge in [0.2, 0.25) is 0 Å². The molecule has 0 aromatic heterocycles. The van der Waals surface area contributed by atoms with Gasteiger partial charge in [-0.2, -0.15) is 0 Å². The number of hydrogen-bond acceptors (Lipinski definition) is 1. The van der Waals surface area contributed by atoms with Crippen LogP contribution in [-0.4, -0.2) is 6.61 Å². The van der Waals surface area contributed by atoms with Gasteiger partial charge in [-0.05, 0) is 43.0 Å². The molecule has 0 heterocycles. The Morgan fingerprint density at radius 2 is 1.93 bits per heavy atom. The van der Waals surface area contributed by atoms with Crippen molar-refractivity contribution in [2.75, 3.05) is 6.61 Å². The molecule has 0 saturated carbocycles. The smallest absolute Gasteiger partial charge is 0.119 e. The van der Waals surface area contributed by atoms with Gasteiger partial charge >= 0.3 is 0 Å². The maximum Gasteiger partial charge on any atom is 0.119 e. The van der Waals surface area contributed by atoms with Gasteiger partial charge in [0.05, 0.1) is 6.61 Å². The second-order valence-electron chi connectivity index (χ2n) is 3.60. The highest BCUT2D eigenvalue weighted by atomic mass is 16.5. The minimum Gasteiger partial charge on any atom is -0.494 e. The molecule has 1 aliphatic rings. The van der Waals surface area contributed by atoms with E-state index >= 15 is 0 Å². The first-order valence-corrected chi connectivity index (χ1v) is 5.50. The van der Waals surface area contributed by atoms with Crippen LogP contribution in [0.4, 0.5) is 0 Å². The molecule has 0 fully saturated rings. The molecule has 1 heteroatoms. The minimum absolute atomic E-state index is 0.724. The fourth-order valence-electron chi connectivity index (χ4n) is 1.74. The van der Waals surface area contributed by atoms with Gasteiger partial charge in [-0.15, -0.1) is 0 Å². The molecule has 2 rings (SSSR count). The summed E-state index contributed by atoms with van der Waals surface area (Å²) in [6.07, 6.45) is 9.03. The van der Waals surface area contributed by atoms with Crippen LogP contribution in [0.25, 0.3) is 5.57 Å². The number of rotatable bonds is 3. The Labute approximate surface area is 91.1 Å². The third kappa shape index (κ3) is 2.50. The number of ether oxygens (including phenoxy) is 1. The van der Waals surface area contributed by atoms with Crippen molar-refractivity contribution in [3.05, 3.63) is 48.1 Å². The van der Waals surface area contributed by atoms with Crippen molar-refractivity contribution < 1.29 is 4.74 Å². The van der Waals surface area contributed by atoms with Crippen LogP contribution in [0.2, 0.25) is 0 Å². The van der Waals surface area contributed by atoms with Gasteiger partial charge in [0.25, 0.3) is 0 Å². The first kappa shape index (κ1) is 10.0. The molecule has 1 aromatic rings. The summed E-state index contributed by atoms with van der Waals surface area (Å²) in [5, 5.41) is 0. The molecule has 0 aliphatic heterocycles. The lowest BCUT2D eigenvalue weighted by atomic mass is 10.00. The summed E-state index contributed by atoms with van der Waals surface area (Å²) in [5.41, 5.74) is 2.60. The third-order valence-electron chi connectivity index (χ3n) is 2.49. The first-order chi connectivity index (χ1) is 7.40. The summed E-state index contributed by atoms with van der Waals surface area (Å²) < 4.78 is 5.41. The highest BCUT2D eigenvalue weighted by Gasteiger charge is 2.01. The van der Waals surface area contributed by atoms with Crippen LogP contribution in [0.5, 0.6) is 5.75 Å². The zero-order valence-electron chi connectivity index (χ0n) is 9.07. The van der Waals surface area contributed by atoms with Crippen LogP contribution in [0.3, 0.4) is 0 Å². The van der Waals surface area contributed by atoms with Crippen molar-refractivity contribution in [2.45, 2.75) is 19.8 Å². The summed E-state index contributed by atoms with van der Waals surface area (Å²) in [7, 11) is 0. The fraction of sp³-hybridized carbons (Fsp3) is 0.286. The molecule has 0 bridgehead atoms. The van der Waals surface area contributed by atoms with E-state index < -0.39 is 0 Å². The summed E-state index contributed by atoms with van der Waals surface area (Å²) in [6, 6.07) is 8.29. The van der Waals surface area contributed by atoms with E-state index in [1.807, 2.05) is 19.1 Å². The molecule has 1 aliphatic carbocycles. The maximum atomic E-state index is 5.41. The highest BCUT2D eigenvalue weighted by molar-refractivity contribution is 5.74. The van der Waals surface area contributed by atoms with Crippen molar-refractivity contribution in [1.82, 2.24) is 0 Å². The van der Waals surface area contributed by atoms with Gasteiger partial charge in [0, 0.05) is 0 Å². The van der Waals surface area contributed by atoms with Crippen LogP contribution in [0.1, 0.15) is 25.3 Å². The predicted molar refractivity (Wildman–Crippen MR) is 64.0 cm³/mol. The minimum atomic E-state index is 0.724. The first-order valence-electron chi connectivity index (χ1n) is 5.50. The van der Waals surface area contributed by atoms with Gasteiger partial charge in [0.1, 0.15) is 5.75 Å². The molecule has 0 N–H and O–H groups in total. The lowest BCUT2D eigenvalue weighted by Crippen LogP contribution is -1.91. The average molecular weight is 200 g/mol. The highest BCUT2D eigenvalue weighted by Crippen LogP contribution is 2.23. The summed E-state index contributed by atoms with van der Waals surface area (Å²) in [5.74, 6) is 0.946. The van der Waals surface area contributed by atoms with E-state index in [2.05, 4.69) is 30.4 Å². The van der Waals surface area contributed by atoms with E-state index in [1.54, 1.807) is 0 Å². The Kier molecular flexibility index (Phi) is 3.23. The Balaban J connectivity index is 2.16. The Hall–Kier alpha value is -1.50. The van der Waals surface area contributed by atoms with Crippen LogP contribution in [-0.2, 0) is 0 Å². The zero-order valence-corrected chi connectivity index (χ0v) is 9.07. The number of benzene rings is 1. The zero-order chi connectivity index (χ0) is 10.5. The molecule has 0 atom stereocenters. The van der Waals surface area contributed by atoms with E-state index in [-0.39, 0.29) is 0 Å². The largest absolute Gasteiger partial charge is 0.494 e. The van der Waals surface area contributed by atoms with E-state index in [4.69, 9.17) is 4.74 Å². The second kappa shape index (κ2) is 4.83. The van der Waals surface area contributed by atoms with Gasteiger partial charge in [0.15, 0.2) is 0 Å². The summed E-state index contributed by atoms with van der Waals surface area (Å²) >= 11 is 0.